The van der Waals surface area contributed by atoms with Crippen molar-refractivity contribution in [2.75, 3.05) is 0 Å². The van der Waals surface area contributed by atoms with Crippen molar-refractivity contribution in [2.45, 2.75) is 38.0 Å². The number of halogens is 2. The van der Waals surface area contributed by atoms with Crippen molar-refractivity contribution in [3.05, 3.63) is 135 Å². The van der Waals surface area contributed by atoms with E-state index < -0.39 is 27.7 Å². The molecule has 42 heavy (non-hydrogen) atoms. The average molecular weight is 624 g/mol. The summed E-state index contributed by atoms with van der Waals surface area (Å²) in [6.07, 6.45) is 0. The Bertz CT molecular complexity index is 1670. The molecular formula is C32H28Cl2N2O5S. The van der Waals surface area contributed by atoms with Crippen molar-refractivity contribution < 1.29 is 22.8 Å². The summed E-state index contributed by atoms with van der Waals surface area (Å²) in [5.41, 5.74) is 1.23. The van der Waals surface area contributed by atoms with E-state index in [1.807, 2.05) is 27.7 Å². The number of rotatable bonds is 5. The van der Waals surface area contributed by atoms with E-state index in [2.05, 4.69) is 0 Å². The zero-order valence-electron chi connectivity index (χ0n) is 23.3. The number of aryl methyl sites for hydroxylation is 1. The first-order valence-electron chi connectivity index (χ1n) is 12.9. The highest BCUT2D eigenvalue weighted by Crippen LogP contribution is 2.28. The van der Waals surface area contributed by atoms with Gasteiger partial charge in [0.05, 0.1) is 4.90 Å². The van der Waals surface area contributed by atoms with Crippen molar-refractivity contribution in [1.29, 1.82) is 0 Å². The van der Waals surface area contributed by atoms with Gasteiger partial charge in [0.1, 0.15) is 0 Å². The van der Waals surface area contributed by atoms with E-state index in [9.17, 15) is 22.8 Å². The van der Waals surface area contributed by atoms with E-state index >= 15 is 0 Å². The molecule has 0 aromatic heterocycles. The van der Waals surface area contributed by atoms with Gasteiger partial charge < -0.3 is 0 Å². The number of carbonyl (C=O) groups excluding carboxylic acids is 3. The highest BCUT2D eigenvalue weighted by molar-refractivity contribution is 7.89. The highest BCUT2D eigenvalue weighted by Gasteiger charge is 2.42. The lowest BCUT2D eigenvalue weighted by Crippen LogP contribution is -2.55. The van der Waals surface area contributed by atoms with Crippen molar-refractivity contribution in [3.63, 3.8) is 0 Å². The number of hydrogen-bond acceptors (Lipinski definition) is 5. The number of benzene rings is 4. The van der Waals surface area contributed by atoms with Gasteiger partial charge in [-0.2, -0.15) is 13.4 Å². The first-order chi connectivity index (χ1) is 19.7. The summed E-state index contributed by atoms with van der Waals surface area (Å²) in [7, 11) is -4.83. The third kappa shape index (κ3) is 6.57. The van der Waals surface area contributed by atoms with Gasteiger partial charge in [0, 0.05) is 26.7 Å². The van der Waals surface area contributed by atoms with Gasteiger partial charge in [0.25, 0.3) is 27.7 Å². The maximum absolute atomic E-state index is 14.3. The zero-order chi connectivity index (χ0) is 30.8. The lowest BCUT2D eigenvalue weighted by molar-refractivity contribution is 0.0255. The molecule has 0 heterocycles. The fourth-order valence-corrected chi connectivity index (χ4v) is 5.65. The molecule has 0 radical (unpaired) electrons. The summed E-state index contributed by atoms with van der Waals surface area (Å²) in [4.78, 5) is 41.8. The van der Waals surface area contributed by atoms with Gasteiger partial charge in [-0.05, 0) is 90.7 Å². The van der Waals surface area contributed by atoms with E-state index in [4.69, 9.17) is 23.2 Å². The summed E-state index contributed by atoms with van der Waals surface area (Å²) < 4.78 is 28.8. The summed E-state index contributed by atoms with van der Waals surface area (Å²) in [5, 5.41) is 0.991. The smallest absolute Gasteiger partial charge is 0.267 e. The van der Waals surface area contributed by atoms with Gasteiger partial charge in [-0.1, -0.05) is 73.8 Å². The molecule has 0 aliphatic rings. The molecule has 4 aromatic rings. The van der Waals surface area contributed by atoms with Crippen LogP contribution in [-0.4, -0.2) is 35.6 Å². The molecule has 0 aliphatic heterocycles. The van der Waals surface area contributed by atoms with Crippen LogP contribution >= 0.6 is 23.2 Å². The lowest BCUT2D eigenvalue weighted by atomic mass is 9.87. The van der Waals surface area contributed by atoms with Crippen LogP contribution in [0.4, 0.5) is 0 Å². The van der Waals surface area contributed by atoms with Crippen molar-refractivity contribution in [2.24, 2.45) is 0 Å². The molecule has 0 bridgehead atoms. The Labute approximate surface area is 255 Å². The number of amides is 3. The first-order valence-corrected chi connectivity index (χ1v) is 15.1. The standard InChI is InChI=1S/C32H28Cl2N2O5S/c1-21-5-7-22(8-6-21)29(37)35(30(38)23-9-15-26(33)16-10-23)36(31(39)24-11-17-27(34)18-12-24)42(40,41)28-19-13-25(14-20-28)32(2,3)4/h5-20H,1-4H3. The van der Waals surface area contributed by atoms with Gasteiger partial charge in [-0.15, -0.1) is 4.41 Å². The summed E-state index contributed by atoms with van der Waals surface area (Å²) in [6, 6.07) is 23.1. The Balaban J connectivity index is 1.96. The Hall–Kier alpha value is -3.98. The fraction of sp³-hybridized carbons (Fsp3) is 0.156. The minimum Gasteiger partial charge on any atom is -0.267 e. The molecule has 4 rings (SSSR count). The van der Waals surface area contributed by atoms with E-state index in [1.165, 1.54) is 72.8 Å². The molecule has 4 aromatic carbocycles. The van der Waals surface area contributed by atoms with E-state index in [0.717, 1.165) is 11.1 Å². The molecule has 3 amide bonds. The van der Waals surface area contributed by atoms with Crippen LogP contribution in [0.25, 0.3) is 0 Å². The number of hydrogen-bond donors (Lipinski definition) is 0. The lowest BCUT2D eigenvalue weighted by Gasteiger charge is -2.32. The Morgan fingerprint density at radius 3 is 1.38 bits per heavy atom. The maximum atomic E-state index is 14.3. The molecule has 0 saturated heterocycles. The topological polar surface area (TPSA) is 91.8 Å². The van der Waals surface area contributed by atoms with Gasteiger partial charge in [-0.25, -0.2) is 0 Å². The predicted molar refractivity (Wildman–Crippen MR) is 163 cm³/mol. The predicted octanol–water partition coefficient (Wildman–Crippen LogP) is 7.33. The van der Waals surface area contributed by atoms with Crippen LogP contribution < -0.4 is 0 Å². The molecule has 0 unspecified atom stereocenters. The van der Waals surface area contributed by atoms with Gasteiger partial charge in [0.2, 0.25) is 0 Å². The highest BCUT2D eigenvalue weighted by atomic mass is 35.5. The molecule has 10 heteroatoms. The van der Waals surface area contributed by atoms with Crippen LogP contribution in [0.2, 0.25) is 10.0 Å². The Kier molecular flexibility index (Phi) is 8.92. The average Bonchev–Trinajstić information content (AvgIpc) is 2.95. The number of sulfonamides is 1. The molecule has 0 atom stereocenters. The molecule has 0 fully saturated rings. The molecule has 0 N–H and O–H groups in total. The number of hydrazine groups is 1. The fourth-order valence-electron chi connectivity index (χ4n) is 4.03. The summed E-state index contributed by atoms with van der Waals surface area (Å²) in [5.74, 6) is -3.20. The minimum absolute atomic E-state index is 0.00454. The molecule has 7 nitrogen and oxygen atoms in total. The summed E-state index contributed by atoms with van der Waals surface area (Å²) >= 11 is 12.0. The second-order valence-corrected chi connectivity index (χ2v) is 13.3. The zero-order valence-corrected chi connectivity index (χ0v) is 25.7. The maximum Gasteiger partial charge on any atom is 0.287 e. The first kappa shape index (κ1) is 31.0. The van der Waals surface area contributed by atoms with Crippen LogP contribution in [0.15, 0.2) is 102 Å². The largest absolute Gasteiger partial charge is 0.287 e. The molecule has 0 aliphatic carbocycles. The van der Waals surface area contributed by atoms with E-state index in [1.54, 1.807) is 24.3 Å². The molecule has 216 valence electrons. The monoisotopic (exact) mass is 622 g/mol. The van der Waals surface area contributed by atoms with E-state index in [-0.39, 0.29) is 31.4 Å². The molecule has 0 saturated carbocycles. The Morgan fingerprint density at radius 1 is 0.595 bits per heavy atom. The summed E-state index contributed by atoms with van der Waals surface area (Å²) in [6.45, 7) is 7.73. The minimum atomic E-state index is -4.83. The van der Waals surface area contributed by atoms with Gasteiger partial charge >= 0.3 is 0 Å². The van der Waals surface area contributed by atoms with Crippen molar-refractivity contribution in [1.82, 2.24) is 9.42 Å². The van der Waals surface area contributed by atoms with Crippen LogP contribution in [0.5, 0.6) is 0 Å². The number of nitrogens with zero attached hydrogens (tertiary/aromatic N) is 2. The normalized spacial score (nSPS) is 11.6. The van der Waals surface area contributed by atoms with Crippen LogP contribution in [-0.2, 0) is 15.4 Å². The molecular weight excluding hydrogens is 595 g/mol. The van der Waals surface area contributed by atoms with Crippen LogP contribution in [0, 0.1) is 6.92 Å². The van der Waals surface area contributed by atoms with Gasteiger partial charge in [-0.3, -0.25) is 14.4 Å². The van der Waals surface area contributed by atoms with Crippen molar-refractivity contribution >= 4 is 50.9 Å². The second-order valence-electron chi connectivity index (χ2n) is 10.6. The number of imide groups is 1. The van der Waals surface area contributed by atoms with Crippen LogP contribution in [0.3, 0.4) is 0 Å². The van der Waals surface area contributed by atoms with E-state index in [0.29, 0.717) is 15.1 Å². The third-order valence-electron chi connectivity index (χ3n) is 6.47. The Morgan fingerprint density at radius 2 is 0.976 bits per heavy atom. The second kappa shape index (κ2) is 12.1. The SMILES string of the molecule is Cc1ccc(C(=O)N(C(=O)c2ccc(Cl)cc2)N(C(=O)c2ccc(Cl)cc2)S(=O)(=O)c2ccc(C(C)(C)C)cc2)cc1. The van der Waals surface area contributed by atoms with Crippen LogP contribution in [0.1, 0.15) is 63.0 Å². The van der Waals surface area contributed by atoms with Crippen molar-refractivity contribution in [3.8, 4) is 0 Å². The van der Waals surface area contributed by atoms with Gasteiger partial charge in [0.15, 0.2) is 0 Å². The quantitative estimate of drug-likeness (QED) is 0.172. The molecule has 0 spiro atoms. The number of carbonyl (C=O) groups is 3. The third-order valence-corrected chi connectivity index (χ3v) is 8.62.